The van der Waals surface area contributed by atoms with Gasteiger partial charge in [-0.15, -0.1) is 0 Å². The Balaban J connectivity index is 1.74. The lowest BCUT2D eigenvalue weighted by Crippen LogP contribution is -2.27. The van der Waals surface area contributed by atoms with E-state index in [0.717, 1.165) is 5.56 Å². The van der Waals surface area contributed by atoms with Crippen molar-refractivity contribution in [2.24, 2.45) is 0 Å². The van der Waals surface area contributed by atoms with Gasteiger partial charge in [0.1, 0.15) is 17.7 Å². The van der Waals surface area contributed by atoms with Crippen molar-refractivity contribution < 1.29 is 4.39 Å². The van der Waals surface area contributed by atoms with Gasteiger partial charge in [-0.3, -0.25) is 9.36 Å². The van der Waals surface area contributed by atoms with E-state index in [1.807, 2.05) is 44.2 Å². The molecule has 5 rings (SSSR count). The van der Waals surface area contributed by atoms with Gasteiger partial charge in [-0.1, -0.05) is 36.8 Å². The van der Waals surface area contributed by atoms with E-state index in [4.69, 9.17) is 0 Å². The van der Waals surface area contributed by atoms with Crippen LogP contribution in [0.5, 0.6) is 0 Å². The summed E-state index contributed by atoms with van der Waals surface area (Å²) >= 11 is 0. The number of halogens is 1. The maximum Gasteiger partial charge on any atom is 0.266 e. The Morgan fingerprint density at radius 2 is 1.94 bits per heavy atom. The molecule has 8 heteroatoms. The van der Waals surface area contributed by atoms with Crippen molar-refractivity contribution in [3.8, 4) is 5.69 Å². The number of H-pyrrole nitrogens is 1. The second-order valence-corrected chi connectivity index (χ2v) is 7.68. The highest BCUT2D eigenvalue weighted by atomic mass is 19.1. The van der Waals surface area contributed by atoms with Crippen LogP contribution in [0.3, 0.4) is 0 Å². The Hall–Kier alpha value is -4.07. The van der Waals surface area contributed by atoms with Gasteiger partial charge in [-0.2, -0.15) is 0 Å². The van der Waals surface area contributed by atoms with Crippen molar-refractivity contribution in [2.45, 2.75) is 26.3 Å². The average molecular weight is 428 g/mol. The van der Waals surface area contributed by atoms with E-state index >= 15 is 0 Å². The number of aromatic nitrogens is 5. The minimum atomic E-state index is -0.532. The molecule has 0 radical (unpaired) electrons. The molecule has 1 atom stereocenters. The molecule has 0 fully saturated rings. The topological polar surface area (TPSA) is 88.5 Å². The van der Waals surface area contributed by atoms with Gasteiger partial charge >= 0.3 is 0 Å². The fourth-order valence-electron chi connectivity index (χ4n) is 3.98. The molecule has 0 saturated carbocycles. The minimum absolute atomic E-state index is 0.0738. The Kier molecular flexibility index (Phi) is 4.89. The molecule has 0 spiro atoms. The largest absolute Gasteiger partial charge is 0.360 e. The number of nitrogens with zero attached hydrogens (tertiary/aromatic N) is 4. The fourth-order valence-corrected chi connectivity index (χ4v) is 3.98. The number of rotatable bonds is 5. The summed E-state index contributed by atoms with van der Waals surface area (Å²) in [5.74, 6) is 0.0532. The van der Waals surface area contributed by atoms with Crippen LogP contribution in [0.15, 0.2) is 66.0 Å². The number of fused-ring (bicyclic) bond motifs is 2. The molecule has 0 saturated heterocycles. The Morgan fingerprint density at radius 3 is 2.72 bits per heavy atom. The van der Waals surface area contributed by atoms with Gasteiger partial charge in [0.25, 0.3) is 5.56 Å². The summed E-state index contributed by atoms with van der Waals surface area (Å²) in [4.78, 5) is 29.3. The van der Waals surface area contributed by atoms with Gasteiger partial charge in [-0.25, -0.2) is 19.3 Å². The number of benzene rings is 2. The molecule has 3 heterocycles. The van der Waals surface area contributed by atoms with Crippen molar-refractivity contribution in [3.05, 3.63) is 88.6 Å². The Labute approximate surface area is 183 Å². The molecule has 32 heavy (non-hydrogen) atoms. The quantitative estimate of drug-likeness (QED) is 0.425. The zero-order valence-corrected chi connectivity index (χ0v) is 17.6. The molecule has 160 valence electrons. The summed E-state index contributed by atoms with van der Waals surface area (Å²) in [6, 6.07) is 13.9. The van der Waals surface area contributed by atoms with Gasteiger partial charge in [-0.05, 0) is 43.0 Å². The van der Waals surface area contributed by atoms with Crippen LogP contribution in [-0.2, 0) is 0 Å². The van der Waals surface area contributed by atoms with Crippen LogP contribution in [0.4, 0.5) is 10.2 Å². The first-order valence-corrected chi connectivity index (χ1v) is 10.4. The van der Waals surface area contributed by atoms with E-state index in [-0.39, 0.29) is 11.4 Å². The Bertz CT molecular complexity index is 1490. The molecule has 0 aliphatic heterocycles. The molecule has 3 aromatic heterocycles. The zero-order chi connectivity index (χ0) is 22.2. The number of pyridine rings is 1. The molecule has 0 aliphatic rings. The van der Waals surface area contributed by atoms with Gasteiger partial charge in [0.15, 0.2) is 11.5 Å². The first kappa shape index (κ1) is 19.9. The van der Waals surface area contributed by atoms with E-state index < -0.39 is 11.4 Å². The maximum absolute atomic E-state index is 14.7. The number of aryl methyl sites for hydroxylation is 1. The van der Waals surface area contributed by atoms with Gasteiger partial charge < -0.3 is 10.3 Å². The first-order chi connectivity index (χ1) is 15.6. The van der Waals surface area contributed by atoms with Crippen LogP contribution in [0.2, 0.25) is 0 Å². The second kappa shape index (κ2) is 7.88. The van der Waals surface area contributed by atoms with E-state index in [2.05, 4.69) is 25.3 Å². The third-order valence-electron chi connectivity index (χ3n) is 5.62. The van der Waals surface area contributed by atoms with Crippen LogP contribution >= 0.6 is 0 Å². The molecule has 2 aromatic carbocycles. The third kappa shape index (κ3) is 3.30. The van der Waals surface area contributed by atoms with Crippen molar-refractivity contribution >= 4 is 27.8 Å². The summed E-state index contributed by atoms with van der Waals surface area (Å²) in [6.07, 6.45) is 3.67. The molecule has 2 N–H and O–H groups in total. The number of hydrogen-bond donors (Lipinski definition) is 2. The molecular weight excluding hydrogens is 407 g/mol. The highest BCUT2D eigenvalue weighted by Gasteiger charge is 2.21. The van der Waals surface area contributed by atoms with Crippen LogP contribution in [0.25, 0.3) is 27.6 Å². The molecule has 7 nitrogen and oxygen atoms in total. The second-order valence-electron chi connectivity index (χ2n) is 7.68. The third-order valence-corrected chi connectivity index (χ3v) is 5.62. The van der Waals surface area contributed by atoms with Crippen molar-refractivity contribution in [1.82, 2.24) is 24.5 Å². The molecule has 1 unspecified atom stereocenters. The van der Waals surface area contributed by atoms with Crippen LogP contribution in [-0.4, -0.2) is 24.5 Å². The SMILES string of the molecule is CCC(Nc1ncnc2nc[nH]c12)c1cc2cccc(F)c2c(=O)n1-c1ccc(C)cc1. The normalized spacial score (nSPS) is 12.3. The van der Waals surface area contributed by atoms with E-state index in [9.17, 15) is 9.18 Å². The Morgan fingerprint density at radius 1 is 1.12 bits per heavy atom. The van der Waals surface area contributed by atoms with Crippen LogP contribution < -0.4 is 10.9 Å². The number of anilines is 1. The summed E-state index contributed by atoms with van der Waals surface area (Å²) in [5, 5.41) is 4.06. The molecule has 0 amide bonds. The van der Waals surface area contributed by atoms with E-state index in [1.54, 1.807) is 23.0 Å². The lowest BCUT2D eigenvalue weighted by atomic mass is 10.0. The number of aromatic amines is 1. The van der Waals surface area contributed by atoms with Gasteiger partial charge in [0.2, 0.25) is 0 Å². The van der Waals surface area contributed by atoms with Crippen LogP contribution in [0.1, 0.15) is 30.6 Å². The summed E-state index contributed by atoms with van der Waals surface area (Å²) in [5.41, 5.74) is 3.30. The smallest absolute Gasteiger partial charge is 0.266 e. The number of nitrogens with one attached hydrogen (secondary N) is 2. The summed E-state index contributed by atoms with van der Waals surface area (Å²) in [7, 11) is 0. The van der Waals surface area contributed by atoms with Crippen molar-refractivity contribution in [1.29, 1.82) is 0 Å². The monoisotopic (exact) mass is 428 g/mol. The lowest BCUT2D eigenvalue weighted by molar-refractivity contribution is 0.635. The first-order valence-electron chi connectivity index (χ1n) is 10.4. The van der Waals surface area contributed by atoms with Crippen molar-refractivity contribution in [2.75, 3.05) is 5.32 Å². The molecule has 0 aliphatic carbocycles. The van der Waals surface area contributed by atoms with Crippen LogP contribution in [0, 0.1) is 12.7 Å². The minimum Gasteiger partial charge on any atom is -0.360 e. The molecule has 0 bridgehead atoms. The van der Waals surface area contributed by atoms with E-state index in [1.165, 1.54) is 12.4 Å². The predicted molar refractivity (Wildman–Crippen MR) is 123 cm³/mol. The summed E-state index contributed by atoms with van der Waals surface area (Å²) < 4.78 is 16.2. The predicted octanol–water partition coefficient (Wildman–Crippen LogP) is 4.67. The van der Waals surface area contributed by atoms with Gasteiger partial charge in [0, 0.05) is 11.4 Å². The maximum atomic E-state index is 14.7. The summed E-state index contributed by atoms with van der Waals surface area (Å²) in [6.45, 7) is 4.00. The zero-order valence-electron chi connectivity index (χ0n) is 17.6. The average Bonchev–Trinajstić information content (AvgIpc) is 3.28. The van der Waals surface area contributed by atoms with E-state index in [0.29, 0.717) is 40.2 Å². The highest BCUT2D eigenvalue weighted by Crippen LogP contribution is 2.28. The standard InChI is InChI=1S/C24H21FN6O/c1-3-18(30-23-21-22(27-12-26-21)28-13-29-23)19-11-15-5-4-6-17(25)20(15)24(32)31(19)16-9-7-14(2)8-10-16/h4-13,18H,3H2,1-2H3,(H2,26,27,28,29,30). The molecule has 5 aromatic rings. The highest BCUT2D eigenvalue weighted by molar-refractivity contribution is 5.84. The lowest BCUT2D eigenvalue weighted by Gasteiger charge is -2.23. The fraction of sp³-hybridized carbons (Fsp3) is 0.167. The van der Waals surface area contributed by atoms with Gasteiger partial charge in [0.05, 0.1) is 17.8 Å². The number of imidazole rings is 1. The molecular formula is C24H21FN6O. The number of hydrogen-bond acceptors (Lipinski definition) is 5. The van der Waals surface area contributed by atoms with Crippen molar-refractivity contribution in [3.63, 3.8) is 0 Å².